The van der Waals surface area contributed by atoms with Crippen molar-refractivity contribution in [1.82, 2.24) is 0 Å². The van der Waals surface area contributed by atoms with Crippen molar-refractivity contribution in [2.24, 2.45) is 0 Å². The lowest BCUT2D eigenvalue weighted by Crippen LogP contribution is -2.09. The van der Waals surface area contributed by atoms with Gasteiger partial charge in [0.25, 0.3) is 0 Å². The van der Waals surface area contributed by atoms with Gasteiger partial charge >= 0.3 is 5.91 Å². The van der Waals surface area contributed by atoms with Crippen LogP contribution in [0.25, 0.3) is 0 Å². The van der Waals surface area contributed by atoms with E-state index < -0.39 is 0 Å². The number of phenolic OH excluding ortho intramolecular Hbond substituents is 1. The number of hydrogen-bond acceptors (Lipinski definition) is 2. The Labute approximate surface area is 118 Å². The SMILES string of the molecule is Cc1cc(NC(=O)C#Cc2ccccc2)c(C)cc1O. The summed E-state index contributed by atoms with van der Waals surface area (Å²) < 4.78 is 0. The highest BCUT2D eigenvalue weighted by Crippen LogP contribution is 2.24. The third-order valence-electron chi connectivity index (χ3n) is 2.89. The van der Waals surface area contributed by atoms with Gasteiger partial charge in [0.15, 0.2) is 0 Å². The van der Waals surface area contributed by atoms with Gasteiger partial charge in [0.1, 0.15) is 5.75 Å². The molecule has 0 aromatic heterocycles. The zero-order valence-electron chi connectivity index (χ0n) is 11.4. The highest BCUT2D eigenvalue weighted by molar-refractivity contribution is 6.04. The minimum atomic E-state index is -0.373. The summed E-state index contributed by atoms with van der Waals surface area (Å²) in [7, 11) is 0. The first kappa shape index (κ1) is 13.7. The highest BCUT2D eigenvalue weighted by atomic mass is 16.3. The van der Waals surface area contributed by atoms with Gasteiger partial charge in [0.2, 0.25) is 0 Å². The molecule has 3 heteroatoms. The molecule has 0 unspecified atom stereocenters. The number of carbonyl (C=O) groups excluding carboxylic acids is 1. The van der Waals surface area contributed by atoms with Crippen molar-refractivity contribution in [2.75, 3.05) is 5.32 Å². The van der Waals surface area contributed by atoms with Crippen LogP contribution >= 0.6 is 0 Å². The number of anilines is 1. The Morgan fingerprint density at radius 1 is 1.10 bits per heavy atom. The molecule has 0 bridgehead atoms. The second-order valence-electron chi connectivity index (χ2n) is 4.52. The smallest absolute Gasteiger partial charge is 0.300 e. The van der Waals surface area contributed by atoms with Gasteiger partial charge < -0.3 is 10.4 Å². The summed E-state index contributed by atoms with van der Waals surface area (Å²) >= 11 is 0. The van der Waals surface area contributed by atoms with Crippen molar-refractivity contribution in [3.05, 3.63) is 59.2 Å². The Hall–Kier alpha value is -2.73. The van der Waals surface area contributed by atoms with E-state index in [9.17, 15) is 9.90 Å². The summed E-state index contributed by atoms with van der Waals surface area (Å²) in [6.07, 6.45) is 0. The van der Waals surface area contributed by atoms with E-state index in [0.717, 1.165) is 11.1 Å². The molecular formula is C17H15NO2. The molecule has 100 valence electrons. The Morgan fingerprint density at radius 2 is 1.80 bits per heavy atom. The molecule has 0 spiro atoms. The summed E-state index contributed by atoms with van der Waals surface area (Å²) in [5.74, 6) is 5.19. The second-order valence-corrected chi connectivity index (χ2v) is 4.52. The minimum Gasteiger partial charge on any atom is -0.508 e. The van der Waals surface area contributed by atoms with Crippen LogP contribution in [0, 0.1) is 25.7 Å². The third-order valence-corrected chi connectivity index (χ3v) is 2.89. The Kier molecular flexibility index (Phi) is 4.07. The summed E-state index contributed by atoms with van der Waals surface area (Å²) in [5, 5.41) is 12.3. The van der Waals surface area contributed by atoms with Gasteiger partial charge in [-0.25, -0.2) is 0 Å². The zero-order valence-corrected chi connectivity index (χ0v) is 11.4. The van der Waals surface area contributed by atoms with Crippen molar-refractivity contribution < 1.29 is 9.90 Å². The van der Waals surface area contributed by atoms with Crippen molar-refractivity contribution in [1.29, 1.82) is 0 Å². The van der Waals surface area contributed by atoms with Gasteiger partial charge in [-0.1, -0.05) is 24.1 Å². The first-order valence-corrected chi connectivity index (χ1v) is 6.24. The largest absolute Gasteiger partial charge is 0.508 e. The van der Waals surface area contributed by atoms with E-state index in [-0.39, 0.29) is 11.7 Å². The Morgan fingerprint density at radius 3 is 2.50 bits per heavy atom. The maximum absolute atomic E-state index is 11.8. The van der Waals surface area contributed by atoms with Crippen molar-refractivity contribution >= 4 is 11.6 Å². The molecular weight excluding hydrogens is 250 g/mol. The number of aryl methyl sites for hydroxylation is 2. The molecule has 2 aromatic carbocycles. The number of aromatic hydroxyl groups is 1. The lowest BCUT2D eigenvalue weighted by Gasteiger charge is -2.08. The molecule has 20 heavy (non-hydrogen) atoms. The monoisotopic (exact) mass is 265 g/mol. The molecule has 0 radical (unpaired) electrons. The van der Waals surface area contributed by atoms with Gasteiger partial charge in [-0.2, -0.15) is 0 Å². The second kappa shape index (κ2) is 5.94. The molecule has 0 aliphatic carbocycles. The molecule has 3 nitrogen and oxygen atoms in total. The number of benzene rings is 2. The fraction of sp³-hybridized carbons (Fsp3) is 0.118. The fourth-order valence-corrected chi connectivity index (χ4v) is 1.74. The van der Waals surface area contributed by atoms with Crippen LogP contribution in [0.15, 0.2) is 42.5 Å². The number of amides is 1. The number of rotatable bonds is 1. The van der Waals surface area contributed by atoms with Gasteiger partial charge in [0.05, 0.1) is 0 Å². The maximum Gasteiger partial charge on any atom is 0.300 e. The quantitative estimate of drug-likeness (QED) is 0.615. The maximum atomic E-state index is 11.8. The molecule has 0 saturated heterocycles. The predicted molar refractivity (Wildman–Crippen MR) is 79.5 cm³/mol. The lowest BCUT2D eigenvalue weighted by molar-refractivity contribution is -0.111. The van der Waals surface area contributed by atoms with Gasteiger partial charge in [-0.15, -0.1) is 0 Å². The van der Waals surface area contributed by atoms with E-state index in [2.05, 4.69) is 17.2 Å². The van der Waals surface area contributed by atoms with Gasteiger partial charge in [-0.3, -0.25) is 4.79 Å². The third kappa shape index (κ3) is 3.39. The first-order chi connectivity index (χ1) is 9.56. The molecule has 0 fully saturated rings. The summed E-state index contributed by atoms with van der Waals surface area (Å²) in [6.45, 7) is 3.60. The van der Waals surface area contributed by atoms with E-state index in [1.807, 2.05) is 37.3 Å². The summed E-state index contributed by atoms with van der Waals surface area (Å²) in [5.41, 5.74) is 2.96. The van der Waals surface area contributed by atoms with E-state index in [0.29, 0.717) is 11.3 Å². The standard InChI is InChI=1S/C17H15NO2/c1-12-11-16(19)13(2)10-15(12)18-17(20)9-8-14-6-4-3-5-7-14/h3-7,10-11,19H,1-2H3,(H,18,20). The van der Waals surface area contributed by atoms with Crippen LogP contribution < -0.4 is 5.32 Å². The molecule has 1 amide bonds. The molecule has 2 aromatic rings. The molecule has 0 heterocycles. The average Bonchev–Trinajstić information content (AvgIpc) is 2.44. The first-order valence-electron chi connectivity index (χ1n) is 6.24. The van der Waals surface area contributed by atoms with Crippen LogP contribution in [0.5, 0.6) is 5.75 Å². The van der Waals surface area contributed by atoms with Gasteiger partial charge in [0, 0.05) is 17.2 Å². The average molecular weight is 265 g/mol. The molecule has 0 atom stereocenters. The van der Waals surface area contributed by atoms with Gasteiger partial charge in [-0.05, 0) is 49.2 Å². The number of carbonyl (C=O) groups is 1. The van der Waals surface area contributed by atoms with Crippen LogP contribution in [0.3, 0.4) is 0 Å². The minimum absolute atomic E-state index is 0.218. The zero-order chi connectivity index (χ0) is 14.5. The summed E-state index contributed by atoms with van der Waals surface area (Å²) in [4.78, 5) is 11.8. The molecule has 0 saturated carbocycles. The van der Waals surface area contributed by atoms with E-state index >= 15 is 0 Å². The number of hydrogen-bond donors (Lipinski definition) is 2. The normalized spacial score (nSPS) is 9.50. The number of nitrogens with one attached hydrogen (secondary N) is 1. The fourth-order valence-electron chi connectivity index (χ4n) is 1.74. The predicted octanol–water partition coefficient (Wildman–Crippen LogP) is 3.00. The van der Waals surface area contributed by atoms with Crippen LogP contribution in [-0.4, -0.2) is 11.0 Å². The topological polar surface area (TPSA) is 49.3 Å². The van der Waals surface area contributed by atoms with E-state index in [1.165, 1.54) is 0 Å². The van der Waals surface area contributed by atoms with Crippen LogP contribution in [0.4, 0.5) is 5.69 Å². The highest BCUT2D eigenvalue weighted by Gasteiger charge is 2.05. The summed E-state index contributed by atoms with van der Waals surface area (Å²) in [6, 6.07) is 12.7. The van der Waals surface area contributed by atoms with Crippen LogP contribution in [0.1, 0.15) is 16.7 Å². The van der Waals surface area contributed by atoms with Crippen molar-refractivity contribution in [3.63, 3.8) is 0 Å². The Balaban J connectivity index is 2.13. The Bertz CT molecular complexity index is 694. The van der Waals surface area contributed by atoms with Crippen LogP contribution in [-0.2, 0) is 4.79 Å². The molecule has 2 N–H and O–H groups in total. The molecule has 2 rings (SSSR count). The lowest BCUT2D eigenvalue weighted by atomic mass is 10.1. The van der Waals surface area contributed by atoms with Crippen molar-refractivity contribution in [2.45, 2.75) is 13.8 Å². The van der Waals surface area contributed by atoms with E-state index in [4.69, 9.17) is 0 Å². The molecule has 0 aliphatic heterocycles. The molecule has 0 aliphatic rings. The van der Waals surface area contributed by atoms with E-state index in [1.54, 1.807) is 19.1 Å². The van der Waals surface area contributed by atoms with Crippen LogP contribution in [0.2, 0.25) is 0 Å². The number of phenols is 1. The van der Waals surface area contributed by atoms with Crippen molar-refractivity contribution in [3.8, 4) is 17.6 Å².